The Bertz CT molecular complexity index is 203. The molecule has 16 heavy (non-hydrogen) atoms. The van der Waals surface area contributed by atoms with Crippen LogP contribution in [0.4, 0.5) is 13.2 Å². The molecule has 1 fully saturated rings. The number of rotatable bonds is 4. The minimum Gasteiger partial charge on any atom is -0.314 e. The molecule has 0 spiro atoms. The maximum absolute atomic E-state index is 12.1. The molecule has 0 aromatic carbocycles. The van der Waals surface area contributed by atoms with Gasteiger partial charge in [0.2, 0.25) is 0 Å². The Balaban J connectivity index is 2.18. The van der Waals surface area contributed by atoms with E-state index in [9.17, 15) is 13.2 Å². The van der Waals surface area contributed by atoms with E-state index in [1.807, 2.05) is 0 Å². The van der Waals surface area contributed by atoms with Gasteiger partial charge in [-0.2, -0.15) is 13.2 Å². The third-order valence-corrected chi connectivity index (χ3v) is 3.34. The van der Waals surface area contributed by atoms with E-state index in [1.54, 1.807) is 6.92 Å². The summed E-state index contributed by atoms with van der Waals surface area (Å²) in [6.07, 6.45) is 0.0408. The first kappa shape index (κ1) is 13.8. The van der Waals surface area contributed by atoms with Gasteiger partial charge in [-0.3, -0.25) is 0 Å². The second-order valence-electron chi connectivity index (χ2n) is 5.27. The maximum atomic E-state index is 12.1. The van der Waals surface area contributed by atoms with E-state index in [2.05, 4.69) is 12.2 Å². The summed E-state index contributed by atoms with van der Waals surface area (Å²) in [4.78, 5) is 0. The van der Waals surface area contributed by atoms with Crippen molar-refractivity contribution in [1.29, 1.82) is 0 Å². The SMILES string of the molecule is CC1CCCC(CNC(C)CC(F)(F)F)C1. The molecule has 0 aliphatic heterocycles. The Morgan fingerprint density at radius 1 is 1.31 bits per heavy atom. The summed E-state index contributed by atoms with van der Waals surface area (Å²) >= 11 is 0. The summed E-state index contributed by atoms with van der Waals surface area (Å²) in [5, 5.41) is 3.01. The average Bonchev–Trinajstić information content (AvgIpc) is 2.12. The summed E-state index contributed by atoms with van der Waals surface area (Å²) in [6.45, 7) is 4.58. The van der Waals surface area contributed by atoms with Crippen LogP contribution >= 0.6 is 0 Å². The molecule has 96 valence electrons. The Morgan fingerprint density at radius 3 is 2.56 bits per heavy atom. The van der Waals surface area contributed by atoms with Gasteiger partial charge in [0.25, 0.3) is 0 Å². The smallest absolute Gasteiger partial charge is 0.314 e. The molecular weight excluding hydrogens is 215 g/mol. The summed E-state index contributed by atoms with van der Waals surface area (Å²) in [5.41, 5.74) is 0. The molecule has 4 heteroatoms. The quantitative estimate of drug-likeness (QED) is 0.785. The third kappa shape index (κ3) is 5.73. The topological polar surface area (TPSA) is 12.0 Å². The number of hydrogen-bond acceptors (Lipinski definition) is 1. The first-order chi connectivity index (χ1) is 7.37. The molecule has 1 rings (SSSR count). The van der Waals surface area contributed by atoms with Crippen LogP contribution in [0.3, 0.4) is 0 Å². The normalized spacial score (nSPS) is 29.1. The molecule has 3 unspecified atom stereocenters. The van der Waals surface area contributed by atoms with Crippen molar-refractivity contribution in [3.8, 4) is 0 Å². The van der Waals surface area contributed by atoms with Crippen LogP contribution in [0.1, 0.15) is 46.0 Å². The number of hydrogen-bond donors (Lipinski definition) is 1. The molecule has 1 nitrogen and oxygen atoms in total. The molecular formula is C12H22F3N. The Hall–Kier alpha value is -0.250. The van der Waals surface area contributed by atoms with Crippen LogP contribution in [0.5, 0.6) is 0 Å². The second-order valence-corrected chi connectivity index (χ2v) is 5.27. The lowest BCUT2D eigenvalue weighted by Gasteiger charge is -2.28. The van der Waals surface area contributed by atoms with E-state index in [0.29, 0.717) is 5.92 Å². The van der Waals surface area contributed by atoms with Crippen molar-refractivity contribution in [2.45, 2.75) is 58.2 Å². The van der Waals surface area contributed by atoms with Gasteiger partial charge in [0.15, 0.2) is 0 Å². The number of halogens is 3. The molecule has 0 amide bonds. The summed E-state index contributed by atoms with van der Waals surface area (Å²) in [6, 6.07) is -0.461. The molecule has 1 saturated carbocycles. The lowest BCUT2D eigenvalue weighted by molar-refractivity contribution is -0.139. The fourth-order valence-corrected chi connectivity index (χ4v) is 2.53. The number of nitrogens with one attached hydrogen (secondary N) is 1. The zero-order valence-electron chi connectivity index (χ0n) is 10.1. The third-order valence-electron chi connectivity index (χ3n) is 3.34. The lowest BCUT2D eigenvalue weighted by Crippen LogP contribution is -2.35. The van der Waals surface area contributed by atoms with Crippen LogP contribution in [-0.2, 0) is 0 Å². The van der Waals surface area contributed by atoms with Crippen LogP contribution in [0.2, 0.25) is 0 Å². The molecule has 1 aliphatic rings. The van der Waals surface area contributed by atoms with Crippen molar-refractivity contribution in [3.05, 3.63) is 0 Å². The second kappa shape index (κ2) is 5.89. The lowest BCUT2D eigenvalue weighted by atomic mass is 9.82. The molecule has 1 aliphatic carbocycles. The first-order valence-corrected chi connectivity index (χ1v) is 6.17. The summed E-state index contributed by atoms with van der Waals surface area (Å²) < 4.78 is 36.3. The van der Waals surface area contributed by atoms with E-state index in [-0.39, 0.29) is 0 Å². The van der Waals surface area contributed by atoms with Crippen molar-refractivity contribution in [2.24, 2.45) is 11.8 Å². The molecule has 0 aromatic heterocycles. The Morgan fingerprint density at radius 2 is 2.00 bits per heavy atom. The van der Waals surface area contributed by atoms with Gasteiger partial charge in [-0.05, 0) is 38.1 Å². The molecule has 0 heterocycles. The summed E-state index contributed by atoms with van der Waals surface area (Å²) in [7, 11) is 0. The zero-order valence-corrected chi connectivity index (χ0v) is 10.1. The largest absolute Gasteiger partial charge is 0.390 e. The highest BCUT2D eigenvalue weighted by atomic mass is 19.4. The van der Waals surface area contributed by atoms with Gasteiger partial charge in [-0.1, -0.05) is 19.8 Å². The molecule has 0 saturated heterocycles. The Labute approximate surface area is 95.8 Å². The van der Waals surface area contributed by atoms with Crippen LogP contribution < -0.4 is 5.32 Å². The molecule has 3 atom stereocenters. The molecule has 0 bridgehead atoms. The fraction of sp³-hybridized carbons (Fsp3) is 1.00. The first-order valence-electron chi connectivity index (χ1n) is 6.17. The van der Waals surface area contributed by atoms with Crippen LogP contribution in [0.15, 0.2) is 0 Å². The summed E-state index contributed by atoms with van der Waals surface area (Å²) in [5.74, 6) is 1.30. The number of alkyl halides is 3. The van der Waals surface area contributed by atoms with Gasteiger partial charge in [0.1, 0.15) is 0 Å². The molecule has 0 aromatic rings. The highest BCUT2D eigenvalue weighted by Crippen LogP contribution is 2.28. The van der Waals surface area contributed by atoms with Crippen LogP contribution in [-0.4, -0.2) is 18.8 Å². The van der Waals surface area contributed by atoms with Crippen molar-refractivity contribution in [2.75, 3.05) is 6.54 Å². The molecule has 0 radical (unpaired) electrons. The minimum absolute atomic E-state index is 0.461. The standard InChI is InChI=1S/C12H22F3N/c1-9-4-3-5-11(6-9)8-16-10(2)7-12(13,14)15/h9-11,16H,3-8H2,1-2H3. The highest BCUT2D eigenvalue weighted by Gasteiger charge is 2.30. The van der Waals surface area contributed by atoms with Crippen molar-refractivity contribution in [1.82, 2.24) is 5.32 Å². The maximum Gasteiger partial charge on any atom is 0.390 e. The zero-order chi connectivity index (χ0) is 12.2. The van der Waals surface area contributed by atoms with Crippen molar-refractivity contribution >= 4 is 0 Å². The van der Waals surface area contributed by atoms with E-state index < -0.39 is 18.6 Å². The van der Waals surface area contributed by atoms with Gasteiger partial charge >= 0.3 is 6.18 Å². The molecule has 1 N–H and O–H groups in total. The fourth-order valence-electron chi connectivity index (χ4n) is 2.53. The van der Waals surface area contributed by atoms with Crippen LogP contribution in [0, 0.1) is 11.8 Å². The van der Waals surface area contributed by atoms with E-state index in [0.717, 1.165) is 25.3 Å². The van der Waals surface area contributed by atoms with E-state index >= 15 is 0 Å². The van der Waals surface area contributed by atoms with Crippen molar-refractivity contribution in [3.63, 3.8) is 0 Å². The monoisotopic (exact) mass is 237 g/mol. The van der Waals surface area contributed by atoms with Gasteiger partial charge in [-0.25, -0.2) is 0 Å². The van der Waals surface area contributed by atoms with Crippen LogP contribution in [0.25, 0.3) is 0 Å². The van der Waals surface area contributed by atoms with Gasteiger partial charge < -0.3 is 5.32 Å². The minimum atomic E-state index is -4.05. The average molecular weight is 237 g/mol. The van der Waals surface area contributed by atoms with Gasteiger partial charge in [0.05, 0.1) is 6.42 Å². The predicted molar refractivity (Wildman–Crippen MR) is 59.3 cm³/mol. The van der Waals surface area contributed by atoms with E-state index in [1.165, 1.54) is 12.8 Å². The van der Waals surface area contributed by atoms with Gasteiger partial charge in [-0.15, -0.1) is 0 Å². The predicted octanol–water partition coefficient (Wildman–Crippen LogP) is 3.74. The highest BCUT2D eigenvalue weighted by molar-refractivity contribution is 4.74. The van der Waals surface area contributed by atoms with Gasteiger partial charge in [0, 0.05) is 6.04 Å². The van der Waals surface area contributed by atoms with Crippen molar-refractivity contribution < 1.29 is 13.2 Å². The Kier molecular flexibility index (Phi) is 5.09. The van der Waals surface area contributed by atoms with E-state index in [4.69, 9.17) is 0 Å².